The number of hydrogen-bond donors (Lipinski definition) is 2. The number of benzene rings is 3. The molecule has 6 heteroatoms. The van der Waals surface area contributed by atoms with Gasteiger partial charge in [-0.2, -0.15) is 0 Å². The van der Waals surface area contributed by atoms with Crippen LogP contribution in [0.4, 0.5) is 11.4 Å². The first-order valence-electron chi connectivity index (χ1n) is 8.17. The second kappa shape index (κ2) is 8.25. The third kappa shape index (κ3) is 4.67. The number of amides is 2. The quantitative estimate of drug-likeness (QED) is 0.582. The Morgan fingerprint density at radius 3 is 2.11 bits per heavy atom. The summed E-state index contributed by atoms with van der Waals surface area (Å²) in [6.07, 6.45) is 0. The number of nitrogens with one attached hydrogen (secondary N) is 2. The van der Waals surface area contributed by atoms with E-state index in [0.717, 1.165) is 5.56 Å². The lowest BCUT2D eigenvalue weighted by Gasteiger charge is -2.11. The molecule has 3 aromatic rings. The number of anilines is 2. The van der Waals surface area contributed by atoms with Gasteiger partial charge in [0.1, 0.15) is 0 Å². The highest BCUT2D eigenvalue weighted by molar-refractivity contribution is 6.42. The van der Waals surface area contributed by atoms with Crippen LogP contribution in [0.25, 0.3) is 0 Å². The van der Waals surface area contributed by atoms with E-state index in [4.69, 9.17) is 23.2 Å². The fourth-order valence-electron chi connectivity index (χ4n) is 2.51. The van der Waals surface area contributed by atoms with E-state index in [1.807, 2.05) is 25.1 Å². The van der Waals surface area contributed by atoms with Gasteiger partial charge in [0, 0.05) is 22.5 Å². The lowest BCUT2D eigenvalue weighted by atomic mass is 10.1. The van der Waals surface area contributed by atoms with Crippen LogP contribution in [0.2, 0.25) is 10.0 Å². The van der Waals surface area contributed by atoms with Crippen LogP contribution in [0.3, 0.4) is 0 Å². The molecule has 2 amide bonds. The highest BCUT2D eigenvalue weighted by Gasteiger charge is 2.11. The van der Waals surface area contributed by atoms with Crippen LogP contribution < -0.4 is 10.6 Å². The molecule has 0 radical (unpaired) electrons. The van der Waals surface area contributed by atoms with Crippen molar-refractivity contribution in [2.75, 3.05) is 10.6 Å². The highest BCUT2D eigenvalue weighted by Crippen LogP contribution is 2.24. The van der Waals surface area contributed by atoms with Crippen molar-refractivity contribution in [3.05, 3.63) is 93.5 Å². The lowest BCUT2D eigenvalue weighted by molar-refractivity contribution is 0.101. The second-order valence-corrected chi connectivity index (χ2v) is 6.75. The van der Waals surface area contributed by atoms with Crippen LogP contribution in [0, 0.1) is 6.92 Å². The van der Waals surface area contributed by atoms with Crippen molar-refractivity contribution in [3.63, 3.8) is 0 Å². The van der Waals surface area contributed by atoms with Crippen molar-refractivity contribution in [3.8, 4) is 0 Å². The Kier molecular flexibility index (Phi) is 5.79. The first kappa shape index (κ1) is 19.0. The minimum absolute atomic E-state index is 0.189. The molecular weight excluding hydrogens is 383 g/mol. The fraction of sp³-hybridized carbons (Fsp3) is 0.0476. The van der Waals surface area contributed by atoms with E-state index in [1.165, 1.54) is 6.07 Å². The summed E-state index contributed by atoms with van der Waals surface area (Å²) in [6, 6.07) is 18.9. The molecule has 0 aliphatic carbocycles. The zero-order valence-electron chi connectivity index (χ0n) is 14.4. The van der Waals surface area contributed by atoms with E-state index >= 15 is 0 Å². The topological polar surface area (TPSA) is 58.2 Å². The molecule has 136 valence electrons. The van der Waals surface area contributed by atoms with Gasteiger partial charge in [0.25, 0.3) is 11.8 Å². The number of aryl methyl sites for hydroxylation is 1. The van der Waals surface area contributed by atoms with Crippen LogP contribution >= 0.6 is 23.2 Å². The number of carbonyl (C=O) groups excluding carboxylic acids is 2. The SMILES string of the molecule is Cc1cc(NC(=O)c2ccc(Cl)c(Cl)c2)ccc1NC(=O)c1ccccc1. The molecular formula is C21H16Cl2N2O2. The summed E-state index contributed by atoms with van der Waals surface area (Å²) in [6.45, 7) is 1.86. The third-order valence-electron chi connectivity index (χ3n) is 3.95. The van der Waals surface area contributed by atoms with Crippen LogP contribution in [0.15, 0.2) is 66.7 Å². The van der Waals surface area contributed by atoms with E-state index < -0.39 is 0 Å². The third-order valence-corrected chi connectivity index (χ3v) is 4.69. The normalized spacial score (nSPS) is 10.3. The van der Waals surface area contributed by atoms with Gasteiger partial charge in [-0.25, -0.2) is 0 Å². The summed E-state index contributed by atoms with van der Waals surface area (Å²) in [7, 11) is 0. The average Bonchev–Trinajstić information content (AvgIpc) is 2.66. The highest BCUT2D eigenvalue weighted by atomic mass is 35.5. The zero-order valence-corrected chi connectivity index (χ0v) is 15.9. The molecule has 27 heavy (non-hydrogen) atoms. The van der Waals surface area contributed by atoms with Crippen molar-refractivity contribution in [1.82, 2.24) is 0 Å². The summed E-state index contributed by atoms with van der Waals surface area (Å²) < 4.78 is 0. The molecule has 2 N–H and O–H groups in total. The van der Waals surface area contributed by atoms with Crippen molar-refractivity contribution >= 4 is 46.4 Å². The van der Waals surface area contributed by atoms with Gasteiger partial charge in [0.05, 0.1) is 10.0 Å². The van der Waals surface area contributed by atoms with Gasteiger partial charge >= 0.3 is 0 Å². The van der Waals surface area contributed by atoms with Crippen LogP contribution in [0.1, 0.15) is 26.3 Å². The van der Waals surface area contributed by atoms with Gasteiger partial charge in [-0.3, -0.25) is 9.59 Å². The second-order valence-electron chi connectivity index (χ2n) is 5.93. The molecule has 0 aromatic heterocycles. The maximum Gasteiger partial charge on any atom is 0.255 e. The van der Waals surface area contributed by atoms with E-state index in [1.54, 1.807) is 42.5 Å². The Bertz CT molecular complexity index is 1000. The van der Waals surface area contributed by atoms with Gasteiger partial charge in [-0.1, -0.05) is 41.4 Å². The smallest absolute Gasteiger partial charge is 0.255 e. The predicted octanol–water partition coefficient (Wildman–Crippen LogP) is 5.81. The molecule has 0 heterocycles. The van der Waals surface area contributed by atoms with Crippen molar-refractivity contribution in [2.45, 2.75) is 6.92 Å². The molecule has 0 atom stereocenters. The average molecular weight is 399 g/mol. The maximum atomic E-state index is 12.4. The molecule has 0 saturated heterocycles. The van der Waals surface area contributed by atoms with Gasteiger partial charge < -0.3 is 10.6 Å². The van der Waals surface area contributed by atoms with Crippen LogP contribution in [-0.2, 0) is 0 Å². The summed E-state index contributed by atoms with van der Waals surface area (Å²) in [4.78, 5) is 24.6. The monoisotopic (exact) mass is 398 g/mol. The molecule has 0 saturated carbocycles. The van der Waals surface area contributed by atoms with Crippen molar-refractivity contribution in [2.24, 2.45) is 0 Å². The molecule has 4 nitrogen and oxygen atoms in total. The fourth-order valence-corrected chi connectivity index (χ4v) is 2.80. The summed E-state index contributed by atoms with van der Waals surface area (Å²) in [5, 5.41) is 6.38. The molecule has 0 aliphatic rings. The van der Waals surface area contributed by atoms with E-state index in [-0.39, 0.29) is 11.8 Å². The Morgan fingerprint density at radius 2 is 1.44 bits per heavy atom. The Labute approximate surface area is 167 Å². The maximum absolute atomic E-state index is 12.4. The van der Waals surface area contributed by atoms with Gasteiger partial charge in [-0.05, 0) is 61.0 Å². The standard InChI is InChI=1S/C21H16Cl2N2O2/c1-13-11-16(24-21(27)15-7-9-17(22)18(23)12-15)8-10-19(13)25-20(26)14-5-3-2-4-6-14/h2-12H,1H3,(H,24,27)(H,25,26). The summed E-state index contributed by atoms with van der Waals surface area (Å²) in [5.41, 5.74) is 3.10. The minimum Gasteiger partial charge on any atom is -0.322 e. The van der Waals surface area contributed by atoms with Crippen molar-refractivity contribution < 1.29 is 9.59 Å². The predicted molar refractivity (Wildman–Crippen MR) is 110 cm³/mol. The molecule has 3 aromatic carbocycles. The lowest BCUT2D eigenvalue weighted by Crippen LogP contribution is -2.14. The molecule has 0 aliphatic heterocycles. The Morgan fingerprint density at radius 1 is 0.741 bits per heavy atom. The van der Waals surface area contributed by atoms with E-state index in [2.05, 4.69) is 10.6 Å². The number of rotatable bonds is 4. The largest absolute Gasteiger partial charge is 0.322 e. The first-order chi connectivity index (χ1) is 12.9. The summed E-state index contributed by atoms with van der Waals surface area (Å²) in [5.74, 6) is -0.486. The van der Waals surface area contributed by atoms with Crippen LogP contribution in [-0.4, -0.2) is 11.8 Å². The van der Waals surface area contributed by atoms with Gasteiger partial charge in [0.2, 0.25) is 0 Å². The number of halogens is 2. The Balaban J connectivity index is 1.71. The Hall–Kier alpha value is -2.82. The zero-order chi connectivity index (χ0) is 19.4. The minimum atomic E-state index is -0.297. The first-order valence-corrected chi connectivity index (χ1v) is 8.93. The van der Waals surface area contributed by atoms with E-state index in [9.17, 15) is 9.59 Å². The number of hydrogen-bond acceptors (Lipinski definition) is 2. The molecule has 3 rings (SSSR count). The molecule has 0 fully saturated rings. The summed E-state index contributed by atoms with van der Waals surface area (Å²) >= 11 is 11.8. The van der Waals surface area contributed by atoms with Crippen LogP contribution in [0.5, 0.6) is 0 Å². The molecule has 0 bridgehead atoms. The van der Waals surface area contributed by atoms with Gasteiger partial charge in [-0.15, -0.1) is 0 Å². The molecule has 0 spiro atoms. The van der Waals surface area contributed by atoms with Gasteiger partial charge in [0.15, 0.2) is 0 Å². The number of carbonyl (C=O) groups is 2. The van der Waals surface area contributed by atoms with E-state index in [0.29, 0.717) is 32.5 Å². The van der Waals surface area contributed by atoms with Crippen molar-refractivity contribution in [1.29, 1.82) is 0 Å². The molecule has 0 unspecified atom stereocenters.